The van der Waals surface area contributed by atoms with Gasteiger partial charge >= 0.3 is 6.03 Å². The number of urea groups is 1. The van der Waals surface area contributed by atoms with Crippen LogP contribution >= 0.6 is 0 Å². The van der Waals surface area contributed by atoms with Crippen molar-refractivity contribution in [3.05, 3.63) is 83.4 Å². The number of hydrogen-bond donors (Lipinski definition) is 3. The maximum absolute atomic E-state index is 13.3. The molecule has 2 aliphatic heterocycles. The summed E-state index contributed by atoms with van der Waals surface area (Å²) in [7, 11) is 0. The average Bonchev–Trinajstić information content (AvgIpc) is 3.15. The van der Waals surface area contributed by atoms with Crippen molar-refractivity contribution in [2.24, 2.45) is 0 Å². The molecule has 0 atom stereocenters. The number of halogens is 2. The van der Waals surface area contributed by atoms with Crippen molar-refractivity contribution in [3.63, 3.8) is 0 Å². The van der Waals surface area contributed by atoms with E-state index in [-0.39, 0.29) is 11.7 Å². The molecule has 2 aliphatic rings. The Bertz CT molecular complexity index is 1300. The molecule has 35 heavy (non-hydrogen) atoms. The van der Waals surface area contributed by atoms with Crippen molar-refractivity contribution >= 4 is 46.3 Å². The second-order valence-corrected chi connectivity index (χ2v) is 8.16. The van der Waals surface area contributed by atoms with Crippen LogP contribution in [0.2, 0.25) is 0 Å². The number of fused-ring (bicyclic) bond motifs is 1. The first-order valence-electron chi connectivity index (χ1n) is 11.1. The van der Waals surface area contributed by atoms with E-state index in [1.165, 1.54) is 36.4 Å². The molecule has 2 heterocycles. The van der Waals surface area contributed by atoms with Crippen molar-refractivity contribution in [1.29, 1.82) is 0 Å². The monoisotopic (exact) mass is 476 g/mol. The summed E-state index contributed by atoms with van der Waals surface area (Å²) in [5.41, 5.74) is 4.07. The van der Waals surface area contributed by atoms with Gasteiger partial charge in [0, 0.05) is 29.9 Å². The molecule has 0 aliphatic carbocycles. The number of amides is 3. The lowest BCUT2D eigenvalue weighted by molar-refractivity contribution is -0.110. The zero-order valence-corrected chi connectivity index (χ0v) is 18.6. The SMILES string of the molecule is O=C(Nc1ccc(F)cc1)Nc1cc2c(cc1N1CCOCC1)/C(=C/c1ccc(F)cc1)C(=O)N2. The van der Waals surface area contributed by atoms with Gasteiger partial charge in [-0.05, 0) is 60.2 Å². The number of hydrogen-bond acceptors (Lipinski definition) is 4. The number of carbonyl (C=O) groups is 2. The third-order valence-electron chi connectivity index (χ3n) is 5.80. The van der Waals surface area contributed by atoms with Crippen LogP contribution in [0.5, 0.6) is 0 Å². The van der Waals surface area contributed by atoms with Crippen molar-refractivity contribution < 1.29 is 23.1 Å². The molecular weight excluding hydrogens is 454 g/mol. The predicted octanol–water partition coefficient (Wildman–Crippen LogP) is 4.94. The summed E-state index contributed by atoms with van der Waals surface area (Å²) in [6, 6.07) is 14.4. The fourth-order valence-corrected chi connectivity index (χ4v) is 4.08. The van der Waals surface area contributed by atoms with Crippen LogP contribution in [-0.4, -0.2) is 38.2 Å². The molecule has 9 heteroatoms. The van der Waals surface area contributed by atoms with E-state index in [1.54, 1.807) is 24.3 Å². The Morgan fingerprint density at radius 3 is 2.29 bits per heavy atom. The average molecular weight is 476 g/mol. The van der Waals surface area contributed by atoms with Gasteiger partial charge in [-0.15, -0.1) is 0 Å². The first kappa shape index (κ1) is 22.5. The van der Waals surface area contributed by atoms with E-state index in [0.717, 1.165) is 5.69 Å². The fraction of sp³-hybridized carbons (Fsp3) is 0.154. The maximum Gasteiger partial charge on any atom is 0.323 e. The number of nitrogens with one attached hydrogen (secondary N) is 3. The van der Waals surface area contributed by atoms with Gasteiger partial charge in [-0.2, -0.15) is 0 Å². The lowest BCUT2D eigenvalue weighted by atomic mass is 10.0. The number of carbonyl (C=O) groups excluding carboxylic acids is 2. The zero-order chi connectivity index (χ0) is 24.4. The van der Waals surface area contributed by atoms with Crippen molar-refractivity contribution in [2.75, 3.05) is 47.2 Å². The van der Waals surface area contributed by atoms with E-state index < -0.39 is 11.8 Å². The Kier molecular flexibility index (Phi) is 6.15. The highest BCUT2D eigenvalue weighted by molar-refractivity contribution is 6.35. The fourth-order valence-electron chi connectivity index (χ4n) is 4.08. The standard InChI is InChI=1S/C26H22F2N4O3/c27-17-3-1-16(2-4-17)13-21-20-14-24(32-9-11-35-12-10-32)23(15-22(20)30-25(21)33)31-26(34)29-19-7-5-18(28)6-8-19/h1-8,13-15H,9-12H2,(H,30,33)(H2,29,31,34)/b21-13-. The third kappa shape index (κ3) is 4.99. The van der Waals surface area contributed by atoms with Crippen LogP contribution in [-0.2, 0) is 9.53 Å². The third-order valence-corrected chi connectivity index (χ3v) is 5.80. The predicted molar refractivity (Wildman–Crippen MR) is 131 cm³/mol. The van der Waals surface area contributed by atoms with Gasteiger partial charge in [-0.1, -0.05) is 12.1 Å². The first-order valence-corrected chi connectivity index (χ1v) is 11.1. The quantitative estimate of drug-likeness (QED) is 0.466. The molecule has 1 fully saturated rings. The summed E-state index contributed by atoms with van der Waals surface area (Å²) in [5, 5.41) is 8.37. The van der Waals surface area contributed by atoms with Gasteiger partial charge in [0.05, 0.1) is 30.3 Å². The molecule has 0 unspecified atom stereocenters. The second kappa shape index (κ2) is 9.55. The molecule has 3 N–H and O–H groups in total. The van der Waals surface area contributed by atoms with Crippen LogP contribution in [0.3, 0.4) is 0 Å². The zero-order valence-electron chi connectivity index (χ0n) is 18.6. The molecule has 178 valence electrons. The highest BCUT2D eigenvalue weighted by atomic mass is 19.1. The van der Waals surface area contributed by atoms with Crippen LogP contribution < -0.4 is 20.9 Å². The van der Waals surface area contributed by atoms with E-state index in [4.69, 9.17) is 4.74 Å². The maximum atomic E-state index is 13.3. The Morgan fingerprint density at radius 2 is 1.60 bits per heavy atom. The molecular formula is C26H22F2N4O3. The molecule has 5 rings (SSSR count). The number of anilines is 4. The lowest BCUT2D eigenvalue weighted by Crippen LogP contribution is -2.37. The topological polar surface area (TPSA) is 82.7 Å². The number of benzene rings is 3. The number of ether oxygens (including phenoxy) is 1. The van der Waals surface area contributed by atoms with Crippen LogP contribution in [0.15, 0.2) is 60.7 Å². The minimum Gasteiger partial charge on any atom is -0.378 e. The molecule has 0 saturated carbocycles. The largest absolute Gasteiger partial charge is 0.378 e. The van der Waals surface area contributed by atoms with E-state index in [1.807, 2.05) is 6.07 Å². The molecule has 0 bridgehead atoms. The summed E-state index contributed by atoms with van der Waals surface area (Å²) in [4.78, 5) is 27.6. The number of morpholine rings is 1. The molecule has 0 aromatic heterocycles. The minimum absolute atomic E-state index is 0.287. The van der Waals surface area contributed by atoms with Crippen LogP contribution in [0.25, 0.3) is 11.6 Å². The van der Waals surface area contributed by atoms with E-state index in [0.29, 0.717) is 60.1 Å². The van der Waals surface area contributed by atoms with Gasteiger partial charge in [-0.3, -0.25) is 4.79 Å². The first-order chi connectivity index (χ1) is 17.0. The highest BCUT2D eigenvalue weighted by Gasteiger charge is 2.28. The van der Waals surface area contributed by atoms with Gasteiger partial charge in [0.25, 0.3) is 5.91 Å². The Labute approximate surface area is 200 Å². The van der Waals surface area contributed by atoms with E-state index in [9.17, 15) is 18.4 Å². The molecule has 0 radical (unpaired) electrons. The summed E-state index contributed by atoms with van der Waals surface area (Å²) < 4.78 is 32.0. The van der Waals surface area contributed by atoms with E-state index in [2.05, 4.69) is 20.9 Å². The highest BCUT2D eigenvalue weighted by Crippen LogP contribution is 2.41. The number of nitrogens with zero attached hydrogens (tertiary/aromatic N) is 1. The second-order valence-electron chi connectivity index (χ2n) is 8.16. The van der Waals surface area contributed by atoms with Crippen molar-refractivity contribution in [1.82, 2.24) is 0 Å². The molecule has 3 amide bonds. The lowest BCUT2D eigenvalue weighted by Gasteiger charge is -2.31. The summed E-state index contributed by atoms with van der Waals surface area (Å²) in [5.74, 6) is -1.04. The van der Waals surface area contributed by atoms with Crippen molar-refractivity contribution in [2.45, 2.75) is 0 Å². The molecule has 0 spiro atoms. The van der Waals surface area contributed by atoms with Crippen molar-refractivity contribution in [3.8, 4) is 0 Å². The molecule has 1 saturated heterocycles. The van der Waals surface area contributed by atoms with Gasteiger partial charge in [-0.25, -0.2) is 13.6 Å². The van der Waals surface area contributed by atoms with Crippen LogP contribution in [0.1, 0.15) is 11.1 Å². The Hall–Kier alpha value is -4.24. The van der Waals surface area contributed by atoms with Crippen LogP contribution in [0, 0.1) is 11.6 Å². The van der Waals surface area contributed by atoms with Gasteiger partial charge in [0.1, 0.15) is 11.6 Å². The molecule has 3 aromatic rings. The van der Waals surface area contributed by atoms with Gasteiger partial charge in [0.15, 0.2) is 0 Å². The Balaban J connectivity index is 1.48. The van der Waals surface area contributed by atoms with Gasteiger partial charge < -0.3 is 25.6 Å². The van der Waals surface area contributed by atoms with Gasteiger partial charge in [0.2, 0.25) is 0 Å². The summed E-state index contributed by atoms with van der Waals surface area (Å²) in [6.45, 7) is 2.30. The Morgan fingerprint density at radius 1 is 0.943 bits per heavy atom. The van der Waals surface area contributed by atoms with E-state index >= 15 is 0 Å². The number of rotatable bonds is 4. The smallest absolute Gasteiger partial charge is 0.323 e. The summed E-state index contributed by atoms with van der Waals surface area (Å²) >= 11 is 0. The summed E-state index contributed by atoms with van der Waals surface area (Å²) in [6.07, 6.45) is 1.71. The molecule has 7 nitrogen and oxygen atoms in total. The normalized spacial score (nSPS) is 16.1. The minimum atomic E-state index is -0.502. The van der Waals surface area contributed by atoms with Crippen LogP contribution in [0.4, 0.5) is 36.3 Å². The molecule has 3 aromatic carbocycles.